The molecule has 13 nitrogen and oxygen atoms in total. The summed E-state index contributed by atoms with van der Waals surface area (Å²) < 4.78 is 0. The van der Waals surface area contributed by atoms with Gasteiger partial charge in [0.1, 0.15) is 23.9 Å². The van der Waals surface area contributed by atoms with Crippen LogP contribution in [0, 0.1) is 39.9 Å². The standard InChI is InChI=1S/C27H36N4O9.Gd.2Y/c1-19(34)9-10-24(27(39)40)31-14-12-29(22(25(35)36)7-3-15-32)11-13-30(23(26(37)38)8-4-16-33)17-20-5-2-6-21(18-31)28-20;;;/h2,5-6,22-24H,3-4,7-14,17-18H2,1H3,(H,35,36)(H,37,38)(H,39,40);;;/q-2;+3;;/t22-,23-,24-;;;/m1.../s1. The van der Waals surface area contributed by atoms with Crippen molar-refractivity contribution in [3.05, 3.63) is 29.6 Å². The zero-order valence-corrected chi connectivity index (χ0v) is 32.0. The minimum atomic E-state index is -1.18. The van der Waals surface area contributed by atoms with E-state index in [9.17, 15) is 44.1 Å². The van der Waals surface area contributed by atoms with Crippen LogP contribution in [0.5, 0.6) is 0 Å². The number of aromatic nitrogens is 1. The second-order valence-corrected chi connectivity index (χ2v) is 9.77. The van der Waals surface area contributed by atoms with Crippen LogP contribution < -0.4 is 0 Å². The van der Waals surface area contributed by atoms with E-state index in [1.807, 2.05) is 0 Å². The van der Waals surface area contributed by atoms with Gasteiger partial charge in [-0.1, -0.05) is 18.9 Å². The Morgan fingerprint density at radius 3 is 1.49 bits per heavy atom. The second kappa shape index (κ2) is 24.2. The third kappa shape index (κ3) is 15.9. The molecule has 0 aliphatic carbocycles. The maximum Gasteiger partial charge on any atom is 3.00 e. The van der Waals surface area contributed by atoms with Gasteiger partial charge in [-0.2, -0.15) is 12.8 Å². The van der Waals surface area contributed by atoms with Crippen LogP contribution >= 0.6 is 0 Å². The van der Waals surface area contributed by atoms with E-state index >= 15 is 0 Å². The van der Waals surface area contributed by atoms with E-state index in [0.29, 0.717) is 11.4 Å². The van der Waals surface area contributed by atoms with Crippen molar-refractivity contribution in [2.24, 2.45) is 0 Å². The van der Waals surface area contributed by atoms with Crippen LogP contribution in [0.25, 0.3) is 0 Å². The Labute approximate surface area is 333 Å². The number of aliphatic carboxylic acids is 3. The van der Waals surface area contributed by atoms with Crippen molar-refractivity contribution in [2.75, 3.05) is 26.2 Å². The van der Waals surface area contributed by atoms with Crippen molar-refractivity contribution in [1.82, 2.24) is 19.7 Å². The van der Waals surface area contributed by atoms with Crippen molar-refractivity contribution in [3.63, 3.8) is 0 Å². The number of carbonyl (C=O) groups is 4. The minimum Gasteiger partial charge on any atom is -0.542 e. The molecule has 0 amide bonds. The molecule has 0 aromatic carbocycles. The van der Waals surface area contributed by atoms with E-state index < -0.39 is 36.0 Å². The Hall–Kier alpha value is -0.0175. The molecule has 1 aliphatic rings. The van der Waals surface area contributed by atoms with Crippen LogP contribution in [0.4, 0.5) is 0 Å². The van der Waals surface area contributed by atoms with Gasteiger partial charge in [0.25, 0.3) is 0 Å². The summed E-state index contributed by atoms with van der Waals surface area (Å²) in [6.45, 7) is 1.95. The van der Waals surface area contributed by atoms with E-state index in [0.717, 1.165) is 0 Å². The van der Waals surface area contributed by atoms with Gasteiger partial charge >= 0.3 is 57.8 Å². The molecule has 1 aromatic rings. The van der Waals surface area contributed by atoms with E-state index in [1.54, 1.807) is 45.5 Å². The fourth-order valence-electron chi connectivity index (χ4n) is 4.87. The molecule has 3 radical (unpaired) electrons. The maximum atomic E-state index is 12.2. The molecule has 2 heterocycles. The molecule has 3 atom stereocenters. The third-order valence-corrected chi connectivity index (χ3v) is 6.93. The quantitative estimate of drug-likeness (QED) is 0.207. The molecule has 0 spiro atoms. The van der Waals surface area contributed by atoms with Crippen LogP contribution in [0.2, 0.25) is 0 Å². The summed E-state index contributed by atoms with van der Waals surface area (Å²) in [5, 5.41) is 29.8. The first-order valence-corrected chi connectivity index (χ1v) is 13.1. The van der Waals surface area contributed by atoms with E-state index in [-0.39, 0.29) is 189 Å². The molecule has 2 bridgehead atoms. The Morgan fingerprint density at radius 2 is 1.12 bits per heavy atom. The Kier molecular flexibility index (Phi) is 25.4. The number of hydrogen-bond acceptors (Lipinski definition) is 10. The Morgan fingerprint density at radius 1 is 0.744 bits per heavy atom. The smallest absolute Gasteiger partial charge is 0.542 e. The Balaban J connectivity index is 0. The maximum absolute atomic E-state index is 12.2. The first-order chi connectivity index (χ1) is 19.1. The number of carbonyl (C=O) groups excluding carboxylic acids is 3. The van der Waals surface area contributed by atoms with Crippen molar-refractivity contribution in [2.45, 2.75) is 76.7 Å². The predicted octanol–water partition coefficient (Wildman–Crippen LogP) is 0.505. The summed E-state index contributed by atoms with van der Waals surface area (Å²) in [7, 11) is 0. The SMILES string of the molecule is CC(=O)CC[C@H](C(=O)O)N1CCN([C@H](CC[C-]=O)C(=O)O)CCN([C@H](CC[C-]=O)C(=O)O)Cc2cccc(n2)C1.[Gd+3].[Y].[Y]. The van der Waals surface area contributed by atoms with Crippen molar-refractivity contribution >= 4 is 36.3 Å². The zero-order chi connectivity index (χ0) is 29.7. The molecular weight excluding hydrogens is 859 g/mol. The van der Waals surface area contributed by atoms with Gasteiger partial charge in [-0.05, 0) is 25.5 Å². The average Bonchev–Trinajstić information content (AvgIpc) is 2.88. The fourth-order valence-corrected chi connectivity index (χ4v) is 4.87. The average molecular weight is 896 g/mol. The van der Waals surface area contributed by atoms with Gasteiger partial charge in [-0.3, -0.25) is 46.6 Å². The summed E-state index contributed by atoms with van der Waals surface area (Å²) in [4.78, 5) is 79.5. The number of ketones is 1. The molecule has 231 valence electrons. The number of rotatable bonds is 15. The van der Waals surface area contributed by atoms with Crippen LogP contribution in [0.15, 0.2) is 18.2 Å². The van der Waals surface area contributed by atoms with Crippen molar-refractivity contribution < 1.29 is 149 Å². The van der Waals surface area contributed by atoms with Crippen LogP contribution in [-0.4, -0.2) is 116 Å². The van der Waals surface area contributed by atoms with Gasteiger partial charge in [0.05, 0.1) is 11.4 Å². The normalized spacial score (nSPS) is 16.7. The molecule has 0 fully saturated rings. The number of pyridine rings is 1. The number of carboxylic acids is 3. The molecule has 43 heavy (non-hydrogen) atoms. The van der Waals surface area contributed by atoms with Gasteiger partial charge in [0.2, 0.25) is 0 Å². The molecule has 16 heteroatoms. The number of Topliss-reactive ketones (excluding diaryl/α,β-unsaturated/α-hetero) is 1. The molecule has 1 aromatic heterocycles. The van der Waals surface area contributed by atoms with Gasteiger partial charge in [0, 0.05) is 111 Å². The van der Waals surface area contributed by atoms with Crippen molar-refractivity contribution in [1.29, 1.82) is 0 Å². The predicted molar refractivity (Wildman–Crippen MR) is 141 cm³/mol. The van der Waals surface area contributed by atoms with Crippen molar-refractivity contribution in [3.8, 4) is 0 Å². The molecule has 0 saturated heterocycles. The van der Waals surface area contributed by atoms with Crippen LogP contribution in [0.3, 0.4) is 0 Å². The van der Waals surface area contributed by atoms with E-state index in [2.05, 4.69) is 4.98 Å². The monoisotopic (exact) mass is 896 g/mol. The first kappa shape index (κ1) is 45.1. The largest absolute Gasteiger partial charge is 3.00 e. The zero-order valence-electron chi connectivity index (χ0n) is 24.0. The van der Waals surface area contributed by atoms with Gasteiger partial charge in [0.15, 0.2) is 0 Å². The molecule has 0 unspecified atom stereocenters. The van der Waals surface area contributed by atoms with Crippen LogP contribution in [0.1, 0.15) is 56.8 Å². The summed E-state index contributed by atoms with van der Waals surface area (Å²) in [5.41, 5.74) is 1.05. The van der Waals surface area contributed by atoms with Crippen LogP contribution in [-0.2, 0) is 107 Å². The molecule has 0 saturated carbocycles. The molecule has 2 rings (SSSR count). The van der Waals surface area contributed by atoms with Gasteiger partial charge < -0.3 is 29.7 Å². The van der Waals surface area contributed by atoms with Gasteiger partial charge in [-0.15, -0.1) is 0 Å². The third-order valence-electron chi connectivity index (χ3n) is 6.93. The molecule has 3 N–H and O–H groups in total. The summed E-state index contributed by atoms with van der Waals surface area (Å²) in [6.07, 6.45) is 3.30. The number of fused-ring (bicyclic) bond motifs is 2. The number of hydrogen-bond donors (Lipinski definition) is 3. The fraction of sp³-hybridized carbons (Fsp3) is 0.593. The second-order valence-electron chi connectivity index (χ2n) is 9.77. The summed E-state index contributed by atoms with van der Waals surface area (Å²) in [6, 6.07) is 1.98. The van der Waals surface area contributed by atoms with E-state index in [4.69, 9.17) is 0 Å². The summed E-state index contributed by atoms with van der Waals surface area (Å²) in [5.74, 6) is -3.59. The minimum absolute atomic E-state index is 0. The topological polar surface area (TPSA) is 186 Å². The Bertz CT molecular complexity index is 1070. The molecule has 1 aliphatic heterocycles. The number of nitrogens with zero attached hydrogens (tertiary/aromatic N) is 4. The van der Waals surface area contributed by atoms with E-state index in [1.165, 1.54) is 6.92 Å². The number of carboxylic acid groups (broad SMARTS) is 3. The summed E-state index contributed by atoms with van der Waals surface area (Å²) >= 11 is 0. The first-order valence-electron chi connectivity index (χ1n) is 13.1. The molecular formula is C27H36GdN4O9Y2+. The van der Waals surface area contributed by atoms with Gasteiger partial charge in [-0.25, -0.2) is 0 Å².